The minimum atomic E-state index is 0.590. The van der Waals surface area contributed by atoms with Crippen molar-refractivity contribution in [3.8, 4) is 62.1 Å². The quantitative estimate of drug-likeness (QED) is 0.144. The van der Waals surface area contributed by atoms with Crippen LogP contribution in [-0.4, -0.2) is 29.5 Å². The second-order valence-electron chi connectivity index (χ2n) is 16.2. The molecule has 4 heterocycles. The van der Waals surface area contributed by atoms with E-state index >= 15 is 0 Å². The van der Waals surface area contributed by atoms with Gasteiger partial charge in [0, 0.05) is 62.8 Å². The fourth-order valence-corrected chi connectivity index (χ4v) is 9.00. The summed E-state index contributed by atoms with van der Waals surface area (Å²) >= 11 is 0. The Morgan fingerprint density at radius 1 is 0.348 bits per heavy atom. The van der Waals surface area contributed by atoms with E-state index in [1.165, 1.54) is 5.39 Å². The molecule has 0 N–H and O–H groups in total. The second kappa shape index (κ2) is 16.6. The average Bonchev–Trinajstić information content (AvgIpc) is 3.74. The van der Waals surface area contributed by atoms with Crippen LogP contribution in [0.4, 0.5) is 17.2 Å². The first kappa shape index (κ1) is 38.6. The highest BCUT2D eigenvalue weighted by molar-refractivity contribution is 6.19. The summed E-state index contributed by atoms with van der Waals surface area (Å²) < 4.78 is 2.38. The van der Waals surface area contributed by atoms with Gasteiger partial charge in [-0.25, -0.2) is 19.9 Å². The third-order valence-electron chi connectivity index (χ3n) is 12.2. The highest BCUT2D eigenvalue weighted by Gasteiger charge is 2.21. The van der Waals surface area contributed by atoms with E-state index in [-0.39, 0.29) is 0 Å². The molecule has 7 heteroatoms. The molecule has 0 saturated carbocycles. The van der Waals surface area contributed by atoms with Crippen molar-refractivity contribution in [2.75, 3.05) is 4.90 Å². The monoisotopic (exact) mass is 845 g/mol. The van der Waals surface area contributed by atoms with Gasteiger partial charge in [-0.15, -0.1) is 0 Å². The lowest BCUT2D eigenvalue weighted by molar-refractivity contribution is 1.07. The van der Waals surface area contributed by atoms with Crippen molar-refractivity contribution in [3.63, 3.8) is 0 Å². The molecular formula is C59H39N7. The van der Waals surface area contributed by atoms with Gasteiger partial charge >= 0.3 is 0 Å². The molecule has 0 bridgehead atoms. The third kappa shape index (κ3) is 7.11. The molecule has 8 aromatic carbocycles. The van der Waals surface area contributed by atoms with Crippen LogP contribution in [0.2, 0.25) is 0 Å². The maximum absolute atomic E-state index is 5.21. The average molecular weight is 846 g/mol. The van der Waals surface area contributed by atoms with Crippen LogP contribution in [0.15, 0.2) is 237 Å². The van der Waals surface area contributed by atoms with Crippen LogP contribution in [0.5, 0.6) is 0 Å². The van der Waals surface area contributed by atoms with Gasteiger partial charge < -0.3 is 4.57 Å². The Morgan fingerprint density at radius 2 is 0.924 bits per heavy atom. The van der Waals surface area contributed by atoms with Gasteiger partial charge in [-0.2, -0.15) is 0 Å². The highest BCUT2D eigenvalue weighted by atomic mass is 15.2. The van der Waals surface area contributed by atoms with Crippen LogP contribution in [0.1, 0.15) is 0 Å². The zero-order valence-electron chi connectivity index (χ0n) is 35.6. The number of rotatable bonds is 9. The standard InChI is InChI=1S/C59H39N7/c1-3-12-40(13-4-1)42-21-25-45(26-22-42)57-62-58(46-27-23-43(24-28-46)41-14-5-2-6-15-41)64-59(63-57)47-17-11-18-49(38-47)66-54-32-30-50(65(48-33-36-60-37-34-48)55-20-9-10-35-61-55)39-53(54)52-31-29-44-16-7-8-19-51(44)56(52)66/h1-39H. The number of pyridine rings is 2. The van der Waals surface area contributed by atoms with Crippen molar-refractivity contribution in [2.45, 2.75) is 0 Å². The van der Waals surface area contributed by atoms with Gasteiger partial charge in [0.05, 0.1) is 16.7 Å². The van der Waals surface area contributed by atoms with Gasteiger partial charge in [-0.1, -0.05) is 164 Å². The number of hydrogen-bond acceptors (Lipinski definition) is 6. The topological polar surface area (TPSA) is 72.6 Å². The minimum absolute atomic E-state index is 0.590. The lowest BCUT2D eigenvalue weighted by atomic mass is 10.0. The van der Waals surface area contributed by atoms with Crippen molar-refractivity contribution in [1.29, 1.82) is 0 Å². The summed E-state index contributed by atoms with van der Waals surface area (Å²) in [7, 11) is 0. The second-order valence-corrected chi connectivity index (χ2v) is 16.2. The molecule has 4 aromatic heterocycles. The molecule has 0 amide bonds. The molecule has 0 fully saturated rings. The van der Waals surface area contributed by atoms with Crippen molar-refractivity contribution in [3.05, 3.63) is 237 Å². The van der Waals surface area contributed by atoms with E-state index in [0.717, 1.165) is 89.0 Å². The van der Waals surface area contributed by atoms with Crippen LogP contribution in [0.25, 0.3) is 94.7 Å². The number of benzene rings is 8. The minimum Gasteiger partial charge on any atom is -0.309 e. The Balaban J connectivity index is 1.02. The van der Waals surface area contributed by atoms with E-state index in [1.54, 1.807) is 0 Å². The maximum atomic E-state index is 5.21. The molecule has 0 radical (unpaired) electrons. The first-order chi connectivity index (χ1) is 32.7. The van der Waals surface area contributed by atoms with Crippen molar-refractivity contribution in [1.82, 2.24) is 29.5 Å². The van der Waals surface area contributed by atoms with Crippen molar-refractivity contribution < 1.29 is 0 Å². The van der Waals surface area contributed by atoms with E-state index in [0.29, 0.717) is 17.5 Å². The van der Waals surface area contributed by atoms with Gasteiger partial charge in [-0.05, 0) is 82.2 Å². The zero-order chi connectivity index (χ0) is 43.8. The predicted octanol–water partition coefficient (Wildman–Crippen LogP) is 14.7. The highest BCUT2D eigenvalue weighted by Crippen LogP contribution is 2.41. The molecular weight excluding hydrogens is 807 g/mol. The first-order valence-corrected chi connectivity index (χ1v) is 22.0. The lowest BCUT2D eigenvalue weighted by Crippen LogP contribution is -2.11. The fraction of sp³-hybridized carbons (Fsp3) is 0. The Morgan fingerprint density at radius 3 is 1.58 bits per heavy atom. The van der Waals surface area contributed by atoms with Crippen LogP contribution in [0, 0.1) is 0 Å². The van der Waals surface area contributed by atoms with Crippen LogP contribution >= 0.6 is 0 Å². The third-order valence-corrected chi connectivity index (χ3v) is 12.2. The summed E-state index contributed by atoms with van der Waals surface area (Å²) in [5, 5.41) is 4.60. The molecule has 310 valence electrons. The van der Waals surface area contributed by atoms with E-state index in [9.17, 15) is 0 Å². The number of aromatic nitrogens is 6. The normalized spacial score (nSPS) is 11.3. The predicted molar refractivity (Wildman–Crippen MR) is 269 cm³/mol. The molecule has 0 aliphatic heterocycles. The molecule has 66 heavy (non-hydrogen) atoms. The molecule has 12 rings (SSSR count). The van der Waals surface area contributed by atoms with E-state index in [1.807, 2.05) is 61.1 Å². The van der Waals surface area contributed by atoms with Crippen LogP contribution in [-0.2, 0) is 0 Å². The molecule has 0 aliphatic rings. The van der Waals surface area contributed by atoms with Gasteiger partial charge in [-0.3, -0.25) is 9.88 Å². The van der Waals surface area contributed by atoms with Crippen LogP contribution < -0.4 is 4.90 Å². The summed E-state index contributed by atoms with van der Waals surface area (Å²) in [5.74, 6) is 2.62. The summed E-state index contributed by atoms with van der Waals surface area (Å²) in [6.07, 6.45) is 5.46. The number of nitrogens with zero attached hydrogens (tertiary/aromatic N) is 7. The van der Waals surface area contributed by atoms with E-state index in [2.05, 4.69) is 190 Å². The van der Waals surface area contributed by atoms with Gasteiger partial charge in [0.15, 0.2) is 17.5 Å². The lowest BCUT2D eigenvalue weighted by Gasteiger charge is -2.24. The number of fused-ring (bicyclic) bond motifs is 5. The molecule has 0 saturated heterocycles. The molecule has 0 spiro atoms. The molecule has 0 atom stereocenters. The summed E-state index contributed by atoms with van der Waals surface area (Å²) in [6, 6.07) is 76.1. The van der Waals surface area contributed by atoms with E-state index in [4.69, 9.17) is 19.9 Å². The Labute approximate surface area is 381 Å². The molecule has 7 nitrogen and oxygen atoms in total. The first-order valence-electron chi connectivity index (χ1n) is 22.0. The summed E-state index contributed by atoms with van der Waals surface area (Å²) in [4.78, 5) is 26.8. The van der Waals surface area contributed by atoms with Gasteiger partial charge in [0.1, 0.15) is 5.82 Å². The molecule has 0 aliphatic carbocycles. The summed E-state index contributed by atoms with van der Waals surface area (Å²) in [6.45, 7) is 0. The van der Waals surface area contributed by atoms with Crippen molar-refractivity contribution in [2.24, 2.45) is 0 Å². The van der Waals surface area contributed by atoms with Gasteiger partial charge in [0.25, 0.3) is 0 Å². The summed E-state index contributed by atoms with van der Waals surface area (Å²) in [5.41, 5.74) is 12.4. The SMILES string of the molecule is c1ccc(-c2ccc(-c3nc(-c4ccc(-c5ccccc5)cc4)nc(-c4cccc(-n5c6ccc(N(c7ccncc7)c7ccccn7)cc6c6ccc7ccccc7c65)c4)n3)cc2)cc1. The number of anilines is 3. The smallest absolute Gasteiger partial charge is 0.164 e. The zero-order valence-corrected chi connectivity index (χ0v) is 35.6. The van der Waals surface area contributed by atoms with E-state index < -0.39 is 0 Å². The van der Waals surface area contributed by atoms with Crippen molar-refractivity contribution >= 4 is 49.8 Å². The molecule has 12 aromatic rings. The van der Waals surface area contributed by atoms with Gasteiger partial charge in [0.2, 0.25) is 0 Å². The Kier molecular flexibility index (Phi) is 9.69. The number of hydrogen-bond donors (Lipinski definition) is 0. The fourth-order valence-electron chi connectivity index (χ4n) is 9.00. The Hall–Kier alpha value is -9.07. The molecule has 0 unspecified atom stereocenters. The maximum Gasteiger partial charge on any atom is 0.164 e. The van der Waals surface area contributed by atoms with Crippen LogP contribution in [0.3, 0.4) is 0 Å². The Bertz CT molecular complexity index is 3530. The largest absolute Gasteiger partial charge is 0.309 e.